The molecule has 0 aliphatic rings. The molecule has 2 rings (SSSR count). The SMILES string of the molecule is Cc1[c-]c(C(=O)NO)oc1-c1ccccc1.[Y]. The van der Waals surface area contributed by atoms with E-state index in [0.29, 0.717) is 5.76 Å². The largest absolute Gasteiger partial charge is 0.534 e. The van der Waals surface area contributed by atoms with Crippen molar-refractivity contribution in [3.63, 3.8) is 0 Å². The van der Waals surface area contributed by atoms with Crippen LogP contribution in [0.3, 0.4) is 0 Å². The first-order valence-electron chi connectivity index (χ1n) is 4.75. The topological polar surface area (TPSA) is 62.5 Å². The number of furan rings is 1. The molecule has 0 fully saturated rings. The molecule has 85 valence electrons. The number of rotatable bonds is 2. The van der Waals surface area contributed by atoms with Gasteiger partial charge in [-0.05, 0) is 5.56 Å². The molecule has 0 saturated carbocycles. The second-order valence-electron chi connectivity index (χ2n) is 3.32. The smallest absolute Gasteiger partial charge is 0.204 e. The average Bonchev–Trinajstić information content (AvgIpc) is 2.71. The van der Waals surface area contributed by atoms with Gasteiger partial charge in [0, 0.05) is 38.5 Å². The minimum atomic E-state index is -0.703. The molecule has 0 unspecified atom stereocenters. The van der Waals surface area contributed by atoms with Crippen molar-refractivity contribution in [2.24, 2.45) is 0 Å². The molecule has 1 amide bonds. The van der Waals surface area contributed by atoms with Gasteiger partial charge in [0.15, 0.2) is 0 Å². The van der Waals surface area contributed by atoms with Crippen LogP contribution in [0.4, 0.5) is 0 Å². The molecule has 0 atom stereocenters. The summed E-state index contributed by atoms with van der Waals surface area (Å²) < 4.78 is 5.33. The summed E-state index contributed by atoms with van der Waals surface area (Å²) in [5.41, 5.74) is 3.10. The third kappa shape index (κ3) is 3.03. The van der Waals surface area contributed by atoms with Gasteiger partial charge in [-0.25, -0.2) is 0 Å². The standard InChI is InChI=1S/C12H10NO3.Y/c1-8-7-10(12(14)13-15)16-11(8)9-5-3-2-4-6-9;/h2-6,15H,1H3,(H,13,14);/q-1;. The maximum atomic E-state index is 11.1. The Morgan fingerprint density at radius 3 is 2.59 bits per heavy atom. The van der Waals surface area contributed by atoms with E-state index >= 15 is 0 Å². The number of carbonyl (C=O) groups is 1. The minimum absolute atomic E-state index is 0. The van der Waals surface area contributed by atoms with E-state index in [-0.39, 0.29) is 38.5 Å². The first-order valence-corrected chi connectivity index (χ1v) is 4.75. The van der Waals surface area contributed by atoms with Gasteiger partial charge >= 0.3 is 0 Å². The van der Waals surface area contributed by atoms with Crippen LogP contribution < -0.4 is 5.48 Å². The molecule has 1 aromatic heterocycles. The van der Waals surface area contributed by atoms with Crippen LogP contribution in [0.5, 0.6) is 0 Å². The normalized spacial score (nSPS) is 9.53. The molecular formula is C12H10NO3Y-. The van der Waals surface area contributed by atoms with Crippen molar-refractivity contribution >= 4 is 5.91 Å². The maximum Gasteiger partial charge on any atom is 0.204 e. The minimum Gasteiger partial charge on any atom is -0.534 e. The van der Waals surface area contributed by atoms with Gasteiger partial charge in [0.1, 0.15) is 0 Å². The van der Waals surface area contributed by atoms with Crippen LogP contribution >= 0.6 is 0 Å². The monoisotopic (exact) mass is 305 g/mol. The Labute approximate surface area is 124 Å². The number of aryl methyl sites for hydroxylation is 1. The Hall–Kier alpha value is -0.966. The number of hydrogen-bond acceptors (Lipinski definition) is 3. The molecule has 0 aliphatic carbocycles. The second-order valence-corrected chi connectivity index (χ2v) is 3.32. The van der Waals surface area contributed by atoms with Gasteiger partial charge in [0.05, 0.1) is 5.76 Å². The van der Waals surface area contributed by atoms with Gasteiger partial charge in [-0.1, -0.05) is 37.3 Å². The molecule has 0 aliphatic heterocycles. The Morgan fingerprint density at radius 1 is 1.35 bits per heavy atom. The Bertz CT molecular complexity index is 508. The van der Waals surface area contributed by atoms with Crippen molar-refractivity contribution in [2.75, 3.05) is 0 Å². The van der Waals surface area contributed by atoms with Gasteiger partial charge in [-0.2, -0.15) is 0 Å². The number of nitrogens with one attached hydrogen (secondary N) is 1. The van der Waals surface area contributed by atoms with E-state index in [1.54, 1.807) is 6.92 Å². The van der Waals surface area contributed by atoms with E-state index in [9.17, 15) is 4.79 Å². The van der Waals surface area contributed by atoms with E-state index in [1.165, 1.54) is 5.48 Å². The zero-order chi connectivity index (χ0) is 11.5. The van der Waals surface area contributed by atoms with E-state index in [4.69, 9.17) is 9.62 Å². The Morgan fingerprint density at radius 2 is 2.00 bits per heavy atom. The summed E-state index contributed by atoms with van der Waals surface area (Å²) in [5.74, 6) is -0.150. The summed E-state index contributed by atoms with van der Waals surface area (Å²) in [6, 6.07) is 12.2. The molecule has 2 N–H and O–H groups in total. The summed E-state index contributed by atoms with van der Waals surface area (Å²) in [5, 5.41) is 8.48. The summed E-state index contributed by atoms with van der Waals surface area (Å²) in [6.45, 7) is 1.79. The predicted octanol–water partition coefficient (Wildman–Crippen LogP) is 2.17. The average molecular weight is 305 g/mol. The predicted molar refractivity (Wildman–Crippen MR) is 57.0 cm³/mol. The molecular weight excluding hydrogens is 295 g/mol. The van der Waals surface area contributed by atoms with Gasteiger partial charge < -0.3 is 9.21 Å². The third-order valence-electron chi connectivity index (χ3n) is 2.19. The van der Waals surface area contributed by atoms with E-state index < -0.39 is 5.91 Å². The molecule has 1 radical (unpaired) electrons. The second kappa shape index (κ2) is 6.10. The van der Waals surface area contributed by atoms with Crippen molar-refractivity contribution < 1.29 is 47.1 Å². The summed E-state index contributed by atoms with van der Waals surface area (Å²) in [4.78, 5) is 11.1. The number of hydroxylamine groups is 1. The third-order valence-corrected chi connectivity index (χ3v) is 2.19. The van der Waals surface area contributed by atoms with Crippen LogP contribution in [0.1, 0.15) is 16.1 Å². The molecule has 17 heavy (non-hydrogen) atoms. The van der Waals surface area contributed by atoms with E-state index in [2.05, 4.69) is 6.07 Å². The summed E-state index contributed by atoms with van der Waals surface area (Å²) in [7, 11) is 0. The fraction of sp³-hybridized carbons (Fsp3) is 0.0833. The fourth-order valence-electron chi connectivity index (χ4n) is 1.45. The first kappa shape index (κ1) is 14.1. The van der Waals surface area contributed by atoms with Crippen molar-refractivity contribution in [1.29, 1.82) is 0 Å². The zero-order valence-electron chi connectivity index (χ0n) is 9.23. The van der Waals surface area contributed by atoms with Crippen molar-refractivity contribution in [3.8, 4) is 11.3 Å². The van der Waals surface area contributed by atoms with Crippen LogP contribution in [0, 0.1) is 13.0 Å². The van der Waals surface area contributed by atoms with E-state index in [1.807, 2.05) is 30.3 Å². The van der Waals surface area contributed by atoms with Crippen molar-refractivity contribution in [2.45, 2.75) is 6.92 Å². The van der Waals surface area contributed by atoms with Crippen LogP contribution in [-0.4, -0.2) is 11.1 Å². The maximum absolute atomic E-state index is 11.1. The number of amides is 1. The molecule has 2 aromatic rings. The molecule has 5 heteroatoms. The summed E-state index contributed by atoms with van der Waals surface area (Å²) in [6.07, 6.45) is 0. The first-order chi connectivity index (χ1) is 7.72. The molecule has 0 spiro atoms. The summed E-state index contributed by atoms with van der Waals surface area (Å²) >= 11 is 0. The fourth-order valence-corrected chi connectivity index (χ4v) is 1.45. The van der Waals surface area contributed by atoms with Crippen LogP contribution in [0.25, 0.3) is 11.3 Å². The number of hydrogen-bond donors (Lipinski definition) is 2. The van der Waals surface area contributed by atoms with Gasteiger partial charge in [-0.15, -0.1) is 11.6 Å². The zero-order valence-corrected chi connectivity index (χ0v) is 12.1. The Kier molecular flexibility index (Phi) is 5.06. The van der Waals surface area contributed by atoms with Gasteiger partial charge in [-0.3, -0.25) is 10.7 Å². The van der Waals surface area contributed by atoms with Gasteiger partial charge in [0.2, 0.25) is 5.91 Å². The molecule has 1 aromatic carbocycles. The van der Waals surface area contributed by atoms with Crippen LogP contribution in [0.15, 0.2) is 34.7 Å². The number of carbonyl (C=O) groups excluding carboxylic acids is 1. The van der Waals surface area contributed by atoms with E-state index in [0.717, 1.165) is 11.1 Å². The van der Waals surface area contributed by atoms with Crippen LogP contribution in [0.2, 0.25) is 0 Å². The number of benzene rings is 1. The molecule has 4 nitrogen and oxygen atoms in total. The van der Waals surface area contributed by atoms with Crippen molar-refractivity contribution in [1.82, 2.24) is 5.48 Å². The molecule has 0 bridgehead atoms. The van der Waals surface area contributed by atoms with Crippen LogP contribution in [-0.2, 0) is 32.7 Å². The Balaban J connectivity index is 0.00000144. The molecule has 0 saturated heterocycles. The molecule has 1 heterocycles. The van der Waals surface area contributed by atoms with Crippen molar-refractivity contribution in [3.05, 3.63) is 47.7 Å². The quantitative estimate of drug-likeness (QED) is 0.508. The van der Waals surface area contributed by atoms with Gasteiger partial charge in [0.25, 0.3) is 0 Å².